The molecule has 0 saturated carbocycles. The number of rotatable bonds is 35. The van der Waals surface area contributed by atoms with Gasteiger partial charge in [-0.05, 0) is 77.0 Å². The van der Waals surface area contributed by atoms with E-state index < -0.39 is 18.1 Å². The maximum absolute atomic E-state index is 12.7. The number of carboxylic acid groups (broad SMARTS) is 1. The van der Waals surface area contributed by atoms with Gasteiger partial charge in [0.15, 0.2) is 6.10 Å². The van der Waals surface area contributed by atoms with E-state index in [1.54, 1.807) is 21.1 Å². The molecule has 2 unspecified atom stereocenters. The van der Waals surface area contributed by atoms with Crippen molar-refractivity contribution in [3.63, 3.8) is 0 Å². The summed E-state index contributed by atoms with van der Waals surface area (Å²) in [5.74, 6) is -1.82. The number of hydrogen-bond donors (Lipinski definition) is 0. The van der Waals surface area contributed by atoms with Crippen molar-refractivity contribution < 1.29 is 38.2 Å². The van der Waals surface area contributed by atoms with Gasteiger partial charge in [0.05, 0.1) is 40.3 Å². The van der Waals surface area contributed by atoms with Crippen molar-refractivity contribution in [1.82, 2.24) is 0 Å². The van der Waals surface area contributed by atoms with Gasteiger partial charge in [-0.1, -0.05) is 119 Å². The highest BCUT2D eigenvalue weighted by atomic mass is 16.6. The van der Waals surface area contributed by atoms with Crippen molar-refractivity contribution in [3.05, 3.63) is 72.9 Å². The number of carbonyl (C=O) groups is 3. The largest absolute Gasteiger partial charge is 0.544 e. The minimum absolute atomic E-state index is 0.0178. The number of aliphatic carboxylic acids is 1. The van der Waals surface area contributed by atoms with Crippen LogP contribution in [0.15, 0.2) is 72.9 Å². The SMILES string of the molecule is CC/C=C/C/C=C/C/C=C/C/C=C/C/C=C/CCCCCCC(=O)OC(COCCC(C(=O)[O-])[N+](C)(C)C)COC(=O)CCC/C=C/CCCCCC. The molecule has 0 aromatic carbocycles. The summed E-state index contributed by atoms with van der Waals surface area (Å²) in [4.78, 5) is 36.6. The van der Waals surface area contributed by atoms with Crippen LogP contribution in [0, 0.1) is 0 Å². The molecule has 0 rings (SSSR count). The lowest BCUT2D eigenvalue weighted by Gasteiger charge is -2.34. The number of ether oxygens (including phenoxy) is 3. The molecule has 302 valence electrons. The van der Waals surface area contributed by atoms with E-state index in [0.717, 1.165) is 77.0 Å². The maximum atomic E-state index is 12.7. The third-order valence-electron chi connectivity index (χ3n) is 8.58. The number of unbranched alkanes of at least 4 members (excludes halogenated alkanes) is 9. The fourth-order valence-electron chi connectivity index (χ4n) is 5.39. The molecule has 0 heterocycles. The summed E-state index contributed by atoms with van der Waals surface area (Å²) in [7, 11) is 5.37. The molecule has 0 aliphatic heterocycles. The minimum atomic E-state index is -1.14. The Labute approximate surface area is 323 Å². The van der Waals surface area contributed by atoms with Gasteiger partial charge in [-0.25, -0.2) is 0 Å². The first-order valence-corrected chi connectivity index (χ1v) is 20.5. The van der Waals surface area contributed by atoms with Gasteiger partial charge >= 0.3 is 11.9 Å². The fourth-order valence-corrected chi connectivity index (χ4v) is 5.39. The molecule has 0 fully saturated rings. The Morgan fingerprint density at radius 1 is 0.585 bits per heavy atom. The van der Waals surface area contributed by atoms with Gasteiger partial charge in [-0.15, -0.1) is 0 Å². The summed E-state index contributed by atoms with van der Waals surface area (Å²) >= 11 is 0. The molecule has 0 N–H and O–H groups in total. The molecule has 8 heteroatoms. The monoisotopic (exact) mass is 742 g/mol. The molecule has 8 nitrogen and oxygen atoms in total. The lowest BCUT2D eigenvalue weighted by Crippen LogP contribution is -2.55. The lowest BCUT2D eigenvalue weighted by molar-refractivity contribution is -0.889. The highest BCUT2D eigenvalue weighted by Crippen LogP contribution is 2.11. The van der Waals surface area contributed by atoms with Gasteiger partial charge in [0, 0.05) is 19.3 Å². The first kappa shape index (κ1) is 49.8. The van der Waals surface area contributed by atoms with E-state index in [-0.39, 0.29) is 55.5 Å². The minimum Gasteiger partial charge on any atom is -0.544 e. The van der Waals surface area contributed by atoms with Crippen LogP contribution in [0.1, 0.15) is 142 Å². The van der Waals surface area contributed by atoms with Crippen LogP contribution in [-0.4, -0.2) is 75.5 Å². The van der Waals surface area contributed by atoms with E-state index >= 15 is 0 Å². The summed E-state index contributed by atoms with van der Waals surface area (Å²) in [5, 5.41) is 11.6. The fraction of sp³-hybridized carbons (Fsp3) is 0.667. The van der Waals surface area contributed by atoms with Crippen LogP contribution in [0.25, 0.3) is 0 Å². The zero-order valence-electron chi connectivity index (χ0n) is 34.2. The zero-order chi connectivity index (χ0) is 39.3. The van der Waals surface area contributed by atoms with E-state index in [4.69, 9.17) is 14.2 Å². The highest BCUT2D eigenvalue weighted by molar-refractivity contribution is 5.70. The number of allylic oxidation sites excluding steroid dienone is 12. The molecule has 0 bridgehead atoms. The number of esters is 2. The molecule has 0 aromatic rings. The van der Waals surface area contributed by atoms with Gasteiger partial charge in [0.2, 0.25) is 0 Å². The second-order valence-electron chi connectivity index (χ2n) is 14.5. The van der Waals surface area contributed by atoms with Crippen molar-refractivity contribution >= 4 is 17.9 Å². The van der Waals surface area contributed by atoms with Crippen molar-refractivity contribution in [2.45, 2.75) is 154 Å². The molecule has 0 radical (unpaired) electrons. The first-order valence-electron chi connectivity index (χ1n) is 20.5. The number of hydrogen-bond acceptors (Lipinski definition) is 7. The van der Waals surface area contributed by atoms with Crippen LogP contribution in [0.5, 0.6) is 0 Å². The van der Waals surface area contributed by atoms with Crippen LogP contribution < -0.4 is 5.11 Å². The molecule has 0 aromatic heterocycles. The van der Waals surface area contributed by atoms with Crippen LogP contribution in [-0.2, 0) is 28.6 Å². The van der Waals surface area contributed by atoms with Crippen molar-refractivity contribution in [2.24, 2.45) is 0 Å². The summed E-state index contributed by atoms with van der Waals surface area (Å²) in [6.07, 6.45) is 43.7. The second kappa shape index (κ2) is 35.8. The van der Waals surface area contributed by atoms with E-state index in [0.29, 0.717) is 6.42 Å². The molecule has 0 amide bonds. The Morgan fingerprint density at radius 2 is 1.08 bits per heavy atom. The Morgan fingerprint density at radius 3 is 1.62 bits per heavy atom. The smallest absolute Gasteiger partial charge is 0.306 e. The Kier molecular flexibility index (Phi) is 33.6. The second-order valence-corrected chi connectivity index (χ2v) is 14.5. The number of likely N-dealkylation sites (N-methyl/N-ethyl adjacent to an activating group) is 1. The molecule has 0 aliphatic carbocycles. The van der Waals surface area contributed by atoms with Crippen LogP contribution in [0.2, 0.25) is 0 Å². The topological polar surface area (TPSA) is 102 Å². The van der Waals surface area contributed by atoms with Gasteiger partial charge in [0.25, 0.3) is 0 Å². The van der Waals surface area contributed by atoms with Crippen molar-refractivity contribution in [2.75, 3.05) is 41.0 Å². The van der Waals surface area contributed by atoms with Gasteiger partial charge in [-0.3, -0.25) is 9.59 Å². The maximum Gasteiger partial charge on any atom is 0.306 e. The molecule has 53 heavy (non-hydrogen) atoms. The van der Waals surface area contributed by atoms with Crippen LogP contribution in [0.4, 0.5) is 0 Å². The van der Waals surface area contributed by atoms with Gasteiger partial charge in [-0.2, -0.15) is 0 Å². The molecule has 0 aliphatic rings. The van der Waals surface area contributed by atoms with Crippen LogP contribution in [0.3, 0.4) is 0 Å². The zero-order valence-corrected chi connectivity index (χ0v) is 34.2. The molecular weight excluding hydrogens is 666 g/mol. The predicted octanol–water partition coefficient (Wildman–Crippen LogP) is 9.46. The molecule has 0 spiro atoms. The van der Waals surface area contributed by atoms with Gasteiger partial charge < -0.3 is 28.6 Å². The van der Waals surface area contributed by atoms with E-state index in [9.17, 15) is 19.5 Å². The first-order chi connectivity index (χ1) is 25.6. The number of quaternary nitrogens is 1. The predicted molar refractivity (Wildman–Crippen MR) is 217 cm³/mol. The highest BCUT2D eigenvalue weighted by Gasteiger charge is 2.25. The summed E-state index contributed by atoms with van der Waals surface area (Å²) in [6, 6.07) is -0.736. The normalized spacial score (nSPS) is 13.8. The van der Waals surface area contributed by atoms with E-state index in [1.165, 1.54) is 25.7 Å². The average molecular weight is 742 g/mol. The lowest BCUT2D eigenvalue weighted by atomic mass is 10.1. The van der Waals surface area contributed by atoms with Crippen LogP contribution >= 0.6 is 0 Å². The van der Waals surface area contributed by atoms with Gasteiger partial charge in [0.1, 0.15) is 12.6 Å². The number of nitrogens with zero attached hydrogens (tertiary/aromatic N) is 1. The quantitative estimate of drug-likeness (QED) is 0.0276. The Balaban J connectivity index is 4.43. The Hall–Kier alpha value is -3.23. The molecule has 2 atom stereocenters. The standard InChI is InChI=1S/C45H75NO7/c1-6-8-10-12-14-16-17-18-19-20-21-22-23-24-25-26-28-30-32-34-36-44(48)53-41(39-51-38-37-42(45(49)50)46(3,4)5)40-52-43(47)35-33-31-29-27-15-13-11-9-7-2/h8,10,14,16,18-19,21-22,24-25,27,29,41-42H,6-7,9,11-13,15,17,20,23,26,28,30-40H2,1-5H3/b10-8+,16-14+,19-18+,22-21+,25-24+,29-27+. The summed E-state index contributed by atoms with van der Waals surface area (Å²) < 4.78 is 17.0. The third kappa shape index (κ3) is 34.3. The van der Waals surface area contributed by atoms with Crippen molar-refractivity contribution in [3.8, 4) is 0 Å². The summed E-state index contributed by atoms with van der Waals surface area (Å²) in [5.41, 5.74) is 0. The average Bonchev–Trinajstić information content (AvgIpc) is 3.11. The number of carboxylic acids is 1. The summed E-state index contributed by atoms with van der Waals surface area (Å²) in [6.45, 7) is 4.43. The molecular formula is C45H75NO7. The molecule has 0 saturated heterocycles. The third-order valence-corrected chi connectivity index (χ3v) is 8.58. The van der Waals surface area contributed by atoms with E-state index in [1.807, 2.05) is 0 Å². The Bertz CT molecular complexity index is 1100. The van der Waals surface area contributed by atoms with Crippen molar-refractivity contribution in [1.29, 1.82) is 0 Å². The van der Waals surface area contributed by atoms with E-state index in [2.05, 4.69) is 86.8 Å². The number of carbonyl (C=O) groups excluding carboxylic acids is 3.